The van der Waals surface area contributed by atoms with Crippen LogP contribution >= 0.6 is 0 Å². The van der Waals surface area contributed by atoms with Gasteiger partial charge in [0.05, 0.1) is 5.92 Å². The van der Waals surface area contributed by atoms with E-state index < -0.39 is 0 Å². The summed E-state index contributed by atoms with van der Waals surface area (Å²) < 4.78 is 3.58. The third-order valence-corrected chi connectivity index (χ3v) is 5.04. The third kappa shape index (κ3) is 4.50. The number of rotatable bonds is 6. The van der Waals surface area contributed by atoms with E-state index in [0.717, 1.165) is 30.1 Å². The molecular formula is C20H23N7O2. The number of amides is 2. The number of anilines is 1. The van der Waals surface area contributed by atoms with Crippen LogP contribution in [-0.2, 0) is 35.6 Å². The second kappa shape index (κ2) is 8.26. The summed E-state index contributed by atoms with van der Waals surface area (Å²) in [6.07, 6.45) is 4.90. The number of hydrogen-bond donors (Lipinski definition) is 2. The zero-order valence-corrected chi connectivity index (χ0v) is 16.2. The summed E-state index contributed by atoms with van der Waals surface area (Å²) in [5, 5.41) is 18.1. The highest BCUT2D eigenvalue weighted by atomic mass is 16.2. The van der Waals surface area contributed by atoms with Crippen LogP contribution in [0.4, 0.5) is 5.69 Å². The van der Waals surface area contributed by atoms with Crippen molar-refractivity contribution in [2.45, 2.75) is 39.4 Å². The first-order valence-electron chi connectivity index (χ1n) is 9.61. The number of hydrogen-bond acceptors (Lipinski definition) is 5. The summed E-state index contributed by atoms with van der Waals surface area (Å²) in [6.45, 7) is 3.08. The van der Waals surface area contributed by atoms with E-state index >= 15 is 0 Å². The van der Waals surface area contributed by atoms with Crippen molar-refractivity contribution in [2.75, 3.05) is 5.32 Å². The second-order valence-corrected chi connectivity index (χ2v) is 7.18. The molecule has 0 fully saturated rings. The van der Waals surface area contributed by atoms with E-state index in [1.165, 1.54) is 0 Å². The van der Waals surface area contributed by atoms with Crippen molar-refractivity contribution in [1.29, 1.82) is 0 Å². The van der Waals surface area contributed by atoms with Gasteiger partial charge in [0.25, 0.3) is 0 Å². The predicted octanol–water partition coefficient (Wildman–Crippen LogP) is 1.30. The SMILES string of the molecule is Cc1nnc2n1C[C@H](C(=O)NCc1cccc(NC(=O)Cn3cccn3)c1)CC2. The molecule has 2 N–H and O–H groups in total. The molecule has 0 saturated carbocycles. The van der Waals surface area contributed by atoms with E-state index in [2.05, 4.69) is 25.9 Å². The number of aryl methyl sites for hydroxylation is 2. The fraction of sp³-hybridized carbons (Fsp3) is 0.350. The lowest BCUT2D eigenvalue weighted by molar-refractivity contribution is -0.126. The van der Waals surface area contributed by atoms with Crippen molar-refractivity contribution in [3.63, 3.8) is 0 Å². The van der Waals surface area contributed by atoms with Crippen molar-refractivity contribution in [2.24, 2.45) is 5.92 Å². The van der Waals surface area contributed by atoms with Gasteiger partial charge in [-0.15, -0.1) is 10.2 Å². The maximum atomic E-state index is 12.6. The molecule has 0 spiro atoms. The van der Waals surface area contributed by atoms with Gasteiger partial charge in [0.1, 0.15) is 18.2 Å². The molecule has 150 valence electrons. The fourth-order valence-corrected chi connectivity index (χ4v) is 3.51. The van der Waals surface area contributed by atoms with Crippen LogP contribution in [0.1, 0.15) is 23.6 Å². The van der Waals surface area contributed by atoms with Crippen LogP contribution in [-0.4, -0.2) is 36.4 Å². The van der Waals surface area contributed by atoms with E-state index in [9.17, 15) is 9.59 Å². The summed E-state index contributed by atoms with van der Waals surface area (Å²) in [7, 11) is 0. The van der Waals surface area contributed by atoms with Crippen LogP contribution in [0.3, 0.4) is 0 Å². The molecule has 0 bridgehead atoms. The quantitative estimate of drug-likeness (QED) is 0.657. The molecule has 0 unspecified atom stereocenters. The largest absolute Gasteiger partial charge is 0.352 e. The van der Waals surface area contributed by atoms with Gasteiger partial charge in [-0.1, -0.05) is 12.1 Å². The van der Waals surface area contributed by atoms with Crippen molar-refractivity contribution >= 4 is 17.5 Å². The number of carbonyl (C=O) groups is 2. The van der Waals surface area contributed by atoms with Gasteiger partial charge in [-0.25, -0.2) is 0 Å². The Labute approximate surface area is 168 Å². The maximum absolute atomic E-state index is 12.6. The molecule has 1 aliphatic heterocycles. The maximum Gasteiger partial charge on any atom is 0.246 e. The zero-order chi connectivity index (χ0) is 20.2. The van der Waals surface area contributed by atoms with Crippen LogP contribution in [0.25, 0.3) is 0 Å². The predicted molar refractivity (Wildman–Crippen MR) is 106 cm³/mol. The number of nitrogens with zero attached hydrogens (tertiary/aromatic N) is 5. The smallest absolute Gasteiger partial charge is 0.246 e. The highest BCUT2D eigenvalue weighted by Gasteiger charge is 2.26. The minimum absolute atomic E-state index is 0.0249. The highest BCUT2D eigenvalue weighted by molar-refractivity contribution is 5.90. The summed E-state index contributed by atoms with van der Waals surface area (Å²) in [6, 6.07) is 9.24. The Kier molecular flexibility index (Phi) is 5.37. The number of nitrogens with one attached hydrogen (secondary N) is 2. The monoisotopic (exact) mass is 393 g/mol. The summed E-state index contributed by atoms with van der Waals surface area (Å²) in [4.78, 5) is 24.7. The first kappa shape index (κ1) is 18.9. The molecular weight excluding hydrogens is 370 g/mol. The van der Waals surface area contributed by atoms with Gasteiger partial charge in [0.2, 0.25) is 11.8 Å². The van der Waals surface area contributed by atoms with Gasteiger partial charge in [-0.3, -0.25) is 14.3 Å². The zero-order valence-electron chi connectivity index (χ0n) is 16.2. The molecule has 1 aromatic carbocycles. The number of carbonyl (C=O) groups excluding carboxylic acids is 2. The van der Waals surface area contributed by atoms with Crippen LogP contribution in [0.2, 0.25) is 0 Å². The van der Waals surface area contributed by atoms with Gasteiger partial charge in [-0.2, -0.15) is 5.10 Å². The molecule has 0 aliphatic carbocycles. The molecule has 4 rings (SSSR count). The van der Waals surface area contributed by atoms with Crippen LogP contribution in [0.15, 0.2) is 42.7 Å². The first-order chi connectivity index (χ1) is 14.1. The van der Waals surface area contributed by atoms with Gasteiger partial charge in [0.15, 0.2) is 0 Å². The summed E-state index contributed by atoms with van der Waals surface area (Å²) >= 11 is 0. The molecule has 0 saturated heterocycles. The van der Waals surface area contributed by atoms with Crippen molar-refractivity contribution in [3.05, 3.63) is 59.9 Å². The van der Waals surface area contributed by atoms with E-state index in [4.69, 9.17) is 0 Å². The molecule has 1 atom stereocenters. The third-order valence-electron chi connectivity index (χ3n) is 5.04. The Morgan fingerprint density at radius 2 is 2.14 bits per heavy atom. The minimum atomic E-state index is -0.155. The molecule has 1 aliphatic rings. The molecule has 2 amide bonds. The average molecular weight is 393 g/mol. The van der Waals surface area contributed by atoms with E-state index in [1.54, 1.807) is 23.1 Å². The van der Waals surface area contributed by atoms with Crippen molar-refractivity contribution < 1.29 is 9.59 Å². The lowest BCUT2D eigenvalue weighted by atomic mass is 9.98. The Morgan fingerprint density at radius 1 is 1.24 bits per heavy atom. The first-order valence-corrected chi connectivity index (χ1v) is 9.61. The normalized spacial score (nSPS) is 15.6. The van der Waals surface area contributed by atoms with Crippen molar-refractivity contribution in [3.8, 4) is 0 Å². The topological polar surface area (TPSA) is 107 Å². The standard InChI is InChI=1S/C20H23N7O2/c1-14-24-25-18-7-6-16(12-27(14)18)20(29)21-11-15-4-2-5-17(10-15)23-19(28)13-26-9-3-8-22-26/h2-5,8-10,16H,6-7,11-13H2,1H3,(H,21,29)(H,23,28)/t16-/m1/s1. The molecule has 9 nitrogen and oxygen atoms in total. The number of fused-ring (bicyclic) bond motifs is 1. The van der Waals surface area contributed by atoms with Crippen LogP contribution < -0.4 is 10.6 Å². The number of benzene rings is 1. The molecule has 2 aromatic heterocycles. The molecule has 3 heterocycles. The van der Waals surface area contributed by atoms with E-state index in [-0.39, 0.29) is 24.3 Å². The van der Waals surface area contributed by atoms with Crippen molar-refractivity contribution in [1.82, 2.24) is 29.9 Å². The summed E-state index contributed by atoms with van der Waals surface area (Å²) in [5.41, 5.74) is 1.61. The molecule has 0 radical (unpaired) electrons. The lowest BCUT2D eigenvalue weighted by Gasteiger charge is -2.23. The second-order valence-electron chi connectivity index (χ2n) is 7.18. The van der Waals surface area contributed by atoms with Gasteiger partial charge >= 0.3 is 0 Å². The number of aromatic nitrogens is 5. The Hall–Kier alpha value is -3.49. The Bertz CT molecular complexity index is 1010. The molecule has 3 aromatic rings. The van der Waals surface area contributed by atoms with Crippen LogP contribution in [0.5, 0.6) is 0 Å². The highest BCUT2D eigenvalue weighted by Crippen LogP contribution is 2.20. The molecule has 9 heteroatoms. The lowest BCUT2D eigenvalue weighted by Crippen LogP contribution is -2.36. The van der Waals surface area contributed by atoms with Crippen LogP contribution in [0, 0.1) is 12.8 Å². The average Bonchev–Trinajstić information content (AvgIpc) is 3.36. The molecule has 29 heavy (non-hydrogen) atoms. The van der Waals surface area contributed by atoms with Gasteiger partial charge in [-0.05, 0) is 37.1 Å². The van der Waals surface area contributed by atoms with E-state index in [0.29, 0.717) is 18.8 Å². The Balaban J connectivity index is 1.31. The fourth-order valence-electron chi connectivity index (χ4n) is 3.51. The van der Waals surface area contributed by atoms with Gasteiger partial charge in [0, 0.05) is 37.6 Å². The Morgan fingerprint density at radius 3 is 2.97 bits per heavy atom. The summed E-state index contributed by atoms with van der Waals surface area (Å²) in [5.74, 6) is 1.57. The van der Waals surface area contributed by atoms with E-state index in [1.807, 2.05) is 35.8 Å². The minimum Gasteiger partial charge on any atom is -0.352 e. The van der Waals surface area contributed by atoms with Gasteiger partial charge < -0.3 is 15.2 Å².